The van der Waals surface area contributed by atoms with Crippen molar-refractivity contribution in [2.75, 3.05) is 20.1 Å². The molecule has 2 rings (SSSR count). The normalized spacial score (nSPS) is 10.4. The first-order chi connectivity index (χ1) is 9.33. The fourth-order valence-corrected chi connectivity index (χ4v) is 2.71. The first-order valence-electron chi connectivity index (χ1n) is 6.38. The van der Waals surface area contributed by atoms with Gasteiger partial charge in [0.05, 0.1) is 4.88 Å². The molecule has 0 atom stereocenters. The number of nitrogens with one attached hydrogen (secondary N) is 2. The van der Waals surface area contributed by atoms with Gasteiger partial charge < -0.3 is 10.6 Å². The summed E-state index contributed by atoms with van der Waals surface area (Å²) in [6, 6.07) is 12.0. The second-order valence-electron chi connectivity index (χ2n) is 4.24. The maximum absolute atomic E-state index is 12.1. The van der Waals surface area contributed by atoms with Gasteiger partial charge >= 0.3 is 0 Å². The minimum Gasteiger partial charge on any atom is -0.351 e. The van der Waals surface area contributed by atoms with Gasteiger partial charge in [-0.1, -0.05) is 30.3 Å². The molecule has 19 heavy (non-hydrogen) atoms. The van der Waals surface area contributed by atoms with Crippen molar-refractivity contribution in [1.82, 2.24) is 10.6 Å². The van der Waals surface area contributed by atoms with Gasteiger partial charge in [-0.2, -0.15) is 0 Å². The third kappa shape index (κ3) is 3.66. The summed E-state index contributed by atoms with van der Waals surface area (Å²) >= 11 is 1.49. The average molecular weight is 274 g/mol. The lowest BCUT2D eigenvalue weighted by molar-refractivity contribution is 0.0958. The molecular formula is C15H18N2OS. The number of rotatable bonds is 6. The van der Waals surface area contributed by atoms with E-state index in [4.69, 9.17) is 0 Å². The molecule has 0 saturated carbocycles. The molecule has 0 aliphatic carbocycles. The van der Waals surface area contributed by atoms with Gasteiger partial charge in [0.25, 0.3) is 5.91 Å². The quantitative estimate of drug-likeness (QED) is 0.795. The Labute approximate surface area is 117 Å². The van der Waals surface area contributed by atoms with Crippen molar-refractivity contribution < 1.29 is 4.79 Å². The van der Waals surface area contributed by atoms with Crippen LogP contribution in [-0.2, 0) is 0 Å². The van der Waals surface area contributed by atoms with Crippen molar-refractivity contribution in [3.63, 3.8) is 0 Å². The minimum atomic E-state index is 0.0185. The van der Waals surface area contributed by atoms with Gasteiger partial charge in [-0.05, 0) is 37.0 Å². The molecule has 0 bridgehead atoms. The third-order valence-electron chi connectivity index (χ3n) is 2.85. The Morgan fingerprint density at radius 3 is 2.68 bits per heavy atom. The average Bonchev–Trinajstić information content (AvgIpc) is 2.94. The Bertz CT molecular complexity index is 522. The SMILES string of the molecule is CNCCCNC(=O)c1sccc1-c1ccccc1. The standard InChI is InChI=1S/C15H18N2OS/c1-16-9-5-10-17-15(18)14-13(8-11-19-14)12-6-3-2-4-7-12/h2-4,6-8,11,16H,5,9-10H2,1H3,(H,17,18). The first-order valence-corrected chi connectivity index (χ1v) is 7.26. The second-order valence-corrected chi connectivity index (χ2v) is 5.16. The molecule has 3 nitrogen and oxygen atoms in total. The van der Waals surface area contributed by atoms with E-state index in [1.807, 2.05) is 48.8 Å². The van der Waals surface area contributed by atoms with E-state index in [0.717, 1.165) is 29.0 Å². The molecule has 4 heteroatoms. The maximum atomic E-state index is 12.1. The van der Waals surface area contributed by atoms with Crippen molar-refractivity contribution in [2.45, 2.75) is 6.42 Å². The molecule has 0 aliphatic heterocycles. The summed E-state index contributed by atoms with van der Waals surface area (Å²) in [5.41, 5.74) is 2.10. The number of amides is 1. The second kappa shape index (κ2) is 7.07. The van der Waals surface area contributed by atoms with E-state index in [2.05, 4.69) is 10.6 Å². The van der Waals surface area contributed by atoms with Crippen LogP contribution in [-0.4, -0.2) is 26.0 Å². The molecule has 1 amide bonds. The molecule has 1 aromatic carbocycles. The molecule has 1 heterocycles. The molecule has 2 N–H and O–H groups in total. The Morgan fingerprint density at radius 2 is 1.95 bits per heavy atom. The van der Waals surface area contributed by atoms with E-state index < -0.39 is 0 Å². The molecule has 0 unspecified atom stereocenters. The lowest BCUT2D eigenvalue weighted by Gasteiger charge is -2.06. The molecule has 0 fully saturated rings. The van der Waals surface area contributed by atoms with Crippen LogP contribution in [0.4, 0.5) is 0 Å². The number of carbonyl (C=O) groups excluding carboxylic acids is 1. The third-order valence-corrected chi connectivity index (χ3v) is 3.76. The minimum absolute atomic E-state index is 0.0185. The molecular weight excluding hydrogens is 256 g/mol. The molecule has 100 valence electrons. The maximum Gasteiger partial charge on any atom is 0.261 e. The van der Waals surface area contributed by atoms with Gasteiger partial charge in [0.1, 0.15) is 0 Å². The van der Waals surface area contributed by atoms with Crippen molar-refractivity contribution in [2.24, 2.45) is 0 Å². The van der Waals surface area contributed by atoms with Gasteiger partial charge in [0.2, 0.25) is 0 Å². The van der Waals surface area contributed by atoms with Crippen LogP contribution in [0.3, 0.4) is 0 Å². The lowest BCUT2D eigenvalue weighted by Crippen LogP contribution is -2.26. The van der Waals surface area contributed by atoms with Crippen LogP contribution in [0, 0.1) is 0 Å². The van der Waals surface area contributed by atoms with E-state index in [1.54, 1.807) is 0 Å². The monoisotopic (exact) mass is 274 g/mol. The summed E-state index contributed by atoms with van der Waals surface area (Å²) in [5.74, 6) is 0.0185. The first kappa shape index (κ1) is 13.8. The van der Waals surface area contributed by atoms with Crippen molar-refractivity contribution in [1.29, 1.82) is 0 Å². The smallest absolute Gasteiger partial charge is 0.261 e. The van der Waals surface area contributed by atoms with E-state index >= 15 is 0 Å². The number of hydrogen-bond acceptors (Lipinski definition) is 3. The van der Waals surface area contributed by atoms with Crippen LogP contribution in [0.5, 0.6) is 0 Å². The molecule has 0 radical (unpaired) electrons. The van der Waals surface area contributed by atoms with Crippen LogP contribution < -0.4 is 10.6 Å². The predicted octanol–water partition coefficient (Wildman–Crippen LogP) is 2.75. The van der Waals surface area contributed by atoms with E-state index in [-0.39, 0.29) is 5.91 Å². The van der Waals surface area contributed by atoms with Crippen LogP contribution in [0.1, 0.15) is 16.1 Å². The number of thiophene rings is 1. The van der Waals surface area contributed by atoms with Gasteiger partial charge in [0.15, 0.2) is 0 Å². The Hall–Kier alpha value is -1.65. The Kier molecular flexibility index (Phi) is 5.12. The number of hydrogen-bond donors (Lipinski definition) is 2. The zero-order valence-electron chi connectivity index (χ0n) is 11.0. The van der Waals surface area contributed by atoms with Crippen molar-refractivity contribution in [3.8, 4) is 11.1 Å². The summed E-state index contributed by atoms with van der Waals surface area (Å²) in [5, 5.41) is 7.99. The van der Waals surface area contributed by atoms with Gasteiger partial charge in [-0.3, -0.25) is 4.79 Å². The summed E-state index contributed by atoms with van der Waals surface area (Å²) in [7, 11) is 1.91. The highest BCUT2D eigenvalue weighted by molar-refractivity contribution is 7.12. The van der Waals surface area contributed by atoms with Crippen molar-refractivity contribution in [3.05, 3.63) is 46.7 Å². The highest BCUT2D eigenvalue weighted by atomic mass is 32.1. The lowest BCUT2D eigenvalue weighted by atomic mass is 10.1. The van der Waals surface area contributed by atoms with Crippen LogP contribution in [0.2, 0.25) is 0 Å². The largest absolute Gasteiger partial charge is 0.351 e. The molecule has 0 spiro atoms. The van der Waals surface area contributed by atoms with Gasteiger partial charge in [-0.15, -0.1) is 11.3 Å². The van der Waals surface area contributed by atoms with Crippen LogP contribution >= 0.6 is 11.3 Å². The van der Waals surface area contributed by atoms with Crippen LogP contribution in [0.15, 0.2) is 41.8 Å². The summed E-state index contributed by atoms with van der Waals surface area (Å²) in [4.78, 5) is 12.9. The van der Waals surface area contributed by atoms with Gasteiger partial charge in [0, 0.05) is 12.1 Å². The highest BCUT2D eigenvalue weighted by Gasteiger charge is 2.13. The zero-order valence-corrected chi connectivity index (χ0v) is 11.8. The van der Waals surface area contributed by atoms with E-state index in [9.17, 15) is 4.79 Å². The molecule has 2 aromatic rings. The number of carbonyl (C=O) groups is 1. The van der Waals surface area contributed by atoms with Crippen LogP contribution in [0.25, 0.3) is 11.1 Å². The number of benzene rings is 1. The Balaban J connectivity index is 2.05. The fourth-order valence-electron chi connectivity index (χ4n) is 1.88. The summed E-state index contributed by atoms with van der Waals surface area (Å²) < 4.78 is 0. The van der Waals surface area contributed by atoms with E-state index in [0.29, 0.717) is 6.54 Å². The molecule has 1 aromatic heterocycles. The van der Waals surface area contributed by atoms with Gasteiger partial charge in [-0.25, -0.2) is 0 Å². The molecule has 0 saturated heterocycles. The zero-order chi connectivity index (χ0) is 13.5. The molecule has 0 aliphatic rings. The highest BCUT2D eigenvalue weighted by Crippen LogP contribution is 2.27. The topological polar surface area (TPSA) is 41.1 Å². The fraction of sp³-hybridized carbons (Fsp3) is 0.267. The summed E-state index contributed by atoms with van der Waals surface area (Å²) in [6.07, 6.45) is 0.939. The summed E-state index contributed by atoms with van der Waals surface area (Å²) in [6.45, 7) is 1.61. The predicted molar refractivity (Wildman–Crippen MR) is 80.6 cm³/mol. The Morgan fingerprint density at radius 1 is 1.16 bits per heavy atom. The van der Waals surface area contributed by atoms with Crippen molar-refractivity contribution >= 4 is 17.2 Å². The van der Waals surface area contributed by atoms with E-state index in [1.165, 1.54) is 11.3 Å².